The summed E-state index contributed by atoms with van der Waals surface area (Å²) in [6.07, 6.45) is 1.47. The zero-order chi connectivity index (χ0) is 20.0. The lowest BCUT2D eigenvalue weighted by molar-refractivity contribution is 0.0923. The predicted octanol–water partition coefficient (Wildman–Crippen LogP) is 2.86. The first-order chi connectivity index (χ1) is 14.1. The average molecular weight is 387 g/mol. The smallest absolute Gasteiger partial charge is 0.284 e. The van der Waals surface area contributed by atoms with E-state index in [4.69, 9.17) is 9.47 Å². The number of aromatic nitrogens is 1. The van der Waals surface area contributed by atoms with Gasteiger partial charge in [0.15, 0.2) is 11.5 Å². The van der Waals surface area contributed by atoms with Crippen LogP contribution in [0.2, 0.25) is 0 Å². The number of hydrogen-bond acceptors (Lipinski definition) is 6. The van der Waals surface area contributed by atoms with Gasteiger partial charge in [0, 0.05) is 17.4 Å². The van der Waals surface area contributed by atoms with Crippen molar-refractivity contribution in [2.75, 3.05) is 17.0 Å². The molecule has 3 amide bonds. The summed E-state index contributed by atoms with van der Waals surface area (Å²) >= 11 is 0. The molecule has 0 unspecified atom stereocenters. The number of anilines is 2. The number of ether oxygens (including phenoxy) is 2. The fourth-order valence-electron chi connectivity index (χ4n) is 3.24. The van der Waals surface area contributed by atoms with E-state index in [-0.39, 0.29) is 24.0 Å². The summed E-state index contributed by atoms with van der Waals surface area (Å²) in [5.74, 6) is -0.0902. The van der Waals surface area contributed by atoms with E-state index < -0.39 is 11.8 Å². The van der Waals surface area contributed by atoms with Gasteiger partial charge in [0.1, 0.15) is 5.69 Å². The Balaban J connectivity index is 1.34. The van der Waals surface area contributed by atoms with Crippen molar-refractivity contribution in [1.29, 1.82) is 0 Å². The molecule has 1 N–H and O–H groups in total. The van der Waals surface area contributed by atoms with Gasteiger partial charge < -0.3 is 14.8 Å². The molecule has 2 aliphatic rings. The van der Waals surface area contributed by atoms with E-state index in [0.29, 0.717) is 28.4 Å². The maximum absolute atomic E-state index is 12.5. The normalized spacial score (nSPS) is 14.1. The quantitative estimate of drug-likeness (QED) is 0.694. The van der Waals surface area contributed by atoms with Crippen molar-refractivity contribution in [3.63, 3.8) is 0 Å². The topological polar surface area (TPSA) is 97.8 Å². The molecule has 1 aromatic heterocycles. The number of nitrogens with zero attached hydrogens (tertiary/aromatic N) is 2. The first-order valence-corrected chi connectivity index (χ1v) is 8.77. The molecule has 2 aromatic carbocycles. The first-order valence-electron chi connectivity index (χ1n) is 8.77. The first kappa shape index (κ1) is 16.9. The monoisotopic (exact) mass is 387 g/mol. The van der Waals surface area contributed by atoms with Crippen molar-refractivity contribution in [3.05, 3.63) is 77.6 Å². The lowest BCUT2D eigenvalue weighted by atomic mass is 10.2. The Hall–Kier alpha value is -4.20. The third-order valence-corrected chi connectivity index (χ3v) is 4.67. The lowest BCUT2D eigenvalue weighted by Crippen LogP contribution is -2.29. The molecule has 142 valence electrons. The number of pyridine rings is 1. The van der Waals surface area contributed by atoms with Crippen molar-refractivity contribution in [2.45, 2.75) is 0 Å². The summed E-state index contributed by atoms with van der Waals surface area (Å²) in [4.78, 5) is 42.6. The zero-order valence-electron chi connectivity index (χ0n) is 14.9. The van der Waals surface area contributed by atoms with Crippen molar-refractivity contribution in [2.24, 2.45) is 0 Å². The number of carbonyl (C=O) groups excluding carboxylic acids is 3. The van der Waals surface area contributed by atoms with Crippen molar-refractivity contribution in [3.8, 4) is 11.5 Å². The molecule has 0 saturated carbocycles. The molecular formula is C21H13N3O5. The van der Waals surface area contributed by atoms with Gasteiger partial charge in [-0.2, -0.15) is 0 Å². The maximum Gasteiger partial charge on any atom is 0.284 e. The molecule has 29 heavy (non-hydrogen) atoms. The highest BCUT2D eigenvalue weighted by atomic mass is 16.7. The van der Waals surface area contributed by atoms with Gasteiger partial charge in [-0.25, -0.2) is 4.90 Å². The zero-order valence-corrected chi connectivity index (χ0v) is 14.9. The number of benzene rings is 2. The second-order valence-electron chi connectivity index (χ2n) is 6.41. The second kappa shape index (κ2) is 6.45. The van der Waals surface area contributed by atoms with Crippen LogP contribution >= 0.6 is 0 Å². The highest BCUT2D eigenvalue weighted by Crippen LogP contribution is 2.33. The molecule has 8 nitrogen and oxygen atoms in total. The molecule has 8 heteroatoms. The molecule has 5 rings (SSSR count). The van der Waals surface area contributed by atoms with Crippen molar-refractivity contribution >= 4 is 29.1 Å². The minimum absolute atomic E-state index is 0.134. The molecule has 0 atom stereocenters. The molecule has 0 bridgehead atoms. The largest absolute Gasteiger partial charge is 0.454 e. The van der Waals surface area contributed by atoms with E-state index >= 15 is 0 Å². The Kier molecular flexibility index (Phi) is 3.77. The summed E-state index contributed by atoms with van der Waals surface area (Å²) in [6.45, 7) is 0.134. The maximum atomic E-state index is 12.5. The minimum atomic E-state index is -0.470. The van der Waals surface area contributed by atoms with Crippen LogP contribution in [-0.2, 0) is 0 Å². The number of rotatable bonds is 3. The fourth-order valence-corrected chi connectivity index (χ4v) is 3.24. The molecular weight excluding hydrogens is 374 g/mol. The Labute approximate surface area is 164 Å². The SMILES string of the molecule is O=C(Nc1ccc(N2C(=O)c3cccnc3C2=O)cc1)c1ccc2c(c1)OCO2. The fraction of sp³-hybridized carbons (Fsp3) is 0.0476. The van der Waals surface area contributed by atoms with Gasteiger partial charge in [0.2, 0.25) is 6.79 Å². The van der Waals surface area contributed by atoms with Gasteiger partial charge in [0.05, 0.1) is 11.3 Å². The highest BCUT2D eigenvalue weighted by molar-refractivity contribution is 6.33. The number of carbonyl (C=O) groups is 3. The van der Waals surface area contributed by atoms with Gasteiger partial charge in [-0.3, -0.25) is 19.4 Å². The van der Waals surface area contributed by atoms with Gasteiger partial charge >= 0.3 is 0 Å². The molecule has 0 aliphatic carbocycles. The van der Waals surface area contributed by atoms with Crippen LogP contribution in [0.5, 0.6) is 11.5 Å². The molecule has 2 aliphatic heterocycles. The summed E-state index contributed by atoms with van der Waals surface area (Å²) in [7, 11) is 0. The van der Waals surface area contributed by atoms with Crippen LogP contribution in [0.1, 0.15) is 31.2 Å². The van der Waals surface area contributed by atoms with Crippen LogP contribution < -0.4 is 19.7 Å². The molecule has 0 saturated heterocycles. The van der Waals surface area contributed by atoms with Crippen LogP contribution in [-0.4, -0.2) is 29.5 Å². The Morgan fingerprint density at radius 3 is 2.55 bits per heavy atom. The van der Waals surface area contributed by atoms with Gasteiger partial charge in [-0.1, -0.05) is 0 Å². The van der Waals surface area contributed by atoms with Crippen molar-refractivity contribution < 1.29 is 23.9 Å². The van der Waals surface area contributed by atoms with E-state index in [9.17, 15) is 14.4 Å². The molecule has 0 radical (unpaired) electrons. The molecule has 3 heterocycles. The van der Waals surface area contributed by atoms with Crippen LogP contribution in [0.4, 0.5) is 11.4 Å². The number of nitrogens with one attached hydrogen (secondary N) is 1. The standard InChI is InChI=1S/C21H13N3O5/c25-19(12-3-8-16-17(10-12)29-11-28-16)23-13-4-6-14(7-5-13)24-20(26)15-2-1-9-22-18(15)21(24)27/h1-10H,11H2,(H,23,25). The summed E-state index contributed by atoms with van der Waals surface area (Å²) in [6, 6.07) is 14.5. The van der Waals surface area contributed by atoms with Crippen LogP contribution in [0.3, 0.4) is 0 Å². The van der Waals surface area contributed by atoms with Crippen molar-refractivity contribution in [1.82, 2.24) is 4.98 Å². The predicted molar refractivity (Wildman–Crippen MR) is 102 cm³/mol. The van der Waals surface area contributed by atoms with E-state index in [1.807, 2.05) is 0 Å². The van der Waals surface area contributed by atoms with Crippen LogP contribution in [0, 0.1) is 0 Å². The van der Waals surface area contributed by atoms with Gasteiger partial charge in [-0.05, 0) is 54.6 Å². The van der Waals surface area contributed by atoms with E-state index in [1.165, 1.54) is 6.20 Å². The van der Waals surface area contributed by atoms with E-state index in [0.717, 1.165) is 4.90 Å². The Morgan fingerprint density at radius 1 is 0.966 bits per heavy atom. The third-order valence-electron chi connectivity index (χ3n) is 4.67. The number of imide groups is 1. The van der Waals surface area contributed by atoms with Crippen LogP contribution in [0.25, 0.3) is 0 Å². The van der Waals surface area contributed by atoms with E-state index in [1.54, 1.807) is 54.6 Å². The third kappa shape index (κ3) is 2.78. The molecule has 0 spiro atoms. The summed E-state index contributed by atoms with van der Waals surface area (Å²) < 4.78 is 10.5. The summed E-state index contributed by atoms with van der Waals surface area (Å²) in [5.41, 5.74) is 1.75. The number of fused-ring (bicyclic) bond motifs is 2. The average Bonchev–Trinajstić information content (AvgIpc) is 3.31. The second-order valence-corrected chi connectivity index (χ2v) is 6.41. The van der Waals surface area contributed by atoms with Gasteiger partial charge in [-0.15, -0.1) is 0 Å². The number of amides is 3. The Morgan fingerprint density at radius 2 is 1.76 bits per heavy atom. The lowest BCUT2D eigenvalue weighted by Gasteiger charge is -2.14. The highest BCUT2D eigenvalue weighted by Gasteiger charge is 2.37. The molecule has 0 fully saturated rings. The number of hydrogen-bond donors (Lipinski definition) is 1. The minimum Gasteiger partial charge on any atom is -0.454 e. The van der Waals surface area contributed by atoms with Gasteiger partial charge in [0.25, 0.3) is 17.7 Å². The van der Waals surface area contributed by atoms with E-state index in [2.05, 4.69) is 10.3 Å². The van der Waals surface area contributed by atoms with Crippen LogP contribution in [0.15, 0.2) is 60.8 Å². The molecule has 3 aromatic rings. The Bertz CT molecular complexity index is 1140. The summed E-state index contributed by atoms with van der Waals surface area (Å²) in [5, 5.41) is 2.77.